The number of aromatic nitrogens is 1. The van der Waals surface area contributed by atoms with Crippen LogP contribution in [0, 0.1) is 0 Å². The molecule has 2 aromatic rings. The van der Waals surface area contributed by atoms with Crippen molar-refractivity contribution < 1.29 is 19.0 Å². The number of carbonyl (C=O) groups is 1. The van der Waals surface area contributed by atoms with Gasteiger partial charge in [0.05, 0.1) is 36.1 Å². The molecule has 2 saturated heterocycles. The number of rotatable bonds is 3. The van der Waals surface area contributed by atoms with Crippen LogP contribution in [0.2, 0.25) is 0 Å². The van der Waals surface area contributed by atoms with Crippen molar-refractivity contribution in [3.8, 4) is 16.3 Å². The number of fused-ring (bicyclic) bond motifs is 2. The third-order valence-corrected chi connectivity index (χ3v) is 7.54. The Labute approximate surface area is 174 Å². The van der Waals surface area contributed by atoms with Crippen molar-refractivity contribution in [2.24, 2.45) is 0 Å². The van der Waals surface area contributed by atoms with Crippen LogP contribution in [0.15, 0.2) is 24.4 Å². The van der Waals surface area contributed by atoms with Gasteiger partial charge in [-0.3, -0.25) is 9.78 Å². The number of hydrogen-bond donors (Lipinski definition) is 0. The molecule has 7 heteroatoms. The number of pyridine rings is 1. The molecule has 29 heavy (non-hydrogen) atoms. The average Bonchev–Trinajstić information content (AvgIpc) is 3.45. The molecule has 0 aromatic carbocycles. The maximum Gasteiger partial charge on any atom is 0.251 e. The van der Waals surface area contributed by atoms with E-state index in [2.05, 4.69) is 11.1 Å². The van der Waals surface area contributed by atoms with Gasteiger partial charge in [0.1, 0.15) is 11.9 Å². The number of piperidine rings is 1. The Kier molecular flexibility index (Phi) is 5.05. The smallest absolute Gasteiger partial charge is 0.251 e. The molecule has 1 spiro atoms. The molecule has 1 amide bonds. The fourth-order valence-electron chi connectivity index (χ4n) is 4.67. The highest BCUT2D eigenvalue weighted by Gasteiger charge is 2.43. The van der Waals surface area contributed by atoms with E-state index in [9.17, 15) is 4.79 Å². The van der Waals surface area contributed by atoms with E-state index >= 15 is 0 Å². The first-order valence-corrected chi connectivity index (χ1v) is 11.2. The van der Waals surface area contributed by atoms with Gasteiger partial charge in [-0.05, 0) is 49.4 Å². The molecule has 0 unspecified atom stereocenters. The zero-order chi connectivity index (χ0) is 19.8. The van der Waals surface area contributed by atoms with E-state index in [4.69, 9.17) is 14.2 Å². The normalized spacial score (nSPS) is 23.2. The Morgan fingerprint density at radius 1 is 1.31 bits per heavy atom. The van der Waals surface area contributed by atoms with Crippen LogP contribution in [0.4, 0.5) is 0 Å². The summed E-state index contributed by atoms with van der Waals surface area (Å²) in [5, 5.41) is 0. The summed E-state index contributed by atoms with van der Waals surface area (Å²) in [6.07, 6.45) is 5.98. The first kappa shape index (κ1) is 19.0. The van der Waals surface area contributed by atoms with Crippen LogP contribution in [0.25, 0.3) is 10.6 Å². The minimum absolute atomic E-state index is 0.154. The molecule has 3 aliphatic rings. The van der Waals surface area contributed by atoms with E-state index in [0.29, 0.717) is 6.61 Å². The van der Waals surface area contributed by atoms with Gasteiger partial charge in [-0.1, -0.05) is 0 Å². The summed E-state index contributed by atoms with van der Waals surface area (Å²) in [7, 11) is 1.65. The summed E-state index contributed by atoms with van der Waals surface area (Å²) >= 11 is 1.81. The first-order chi connectivity index (χ1) is 14.2. The van der Waals surface area contributed by atoms with Gasteiger partial charge in [0.25, 0.3) is 5.91 Å². The molecule has 6 nitrogen and oxygen atoms in total. The van der Waals surface area contributed by atoms with Gasteiger partial charge in [0.2, 0.25) is 0 Å². The lowest BCUT2D eigenvalue weighted by atomic mass is 9.82. The van der Waals surface area contributed by atoms with Crippen LogP contribution in [0.5, 0.6) is 5.75 Å². The number of hydrogen-bond acceptors (Lipinski definition) is 6. The molecule has 0 aliphatic carbocycles. The van der Waals surface area contributed by atoms with Gasteiger partial charge < -0.3 is 19.1 Å². The summed E-state index contributed by atoms with van der Waals surface area (Å²) < 4.78 is 17.2. The summed E-state index contributed by atoms with van der Waals surface area (Å²) in [5.74, 6) is 0.917. The number of likely N-dealkylation sites (tertiary alicyclic amines) is 1. The Morgan fingerprint density at radius 2 is 2.17 bits per heavy atom. The minimum Gasteiger partial charge on any atom is -0.495 e. The van der Waals surface area contributed by atoms with E-state index in [1.807, 2.05) is 28.4 Å². The van der Waals surface area contributed by atoms with Crippen molar-refractivity contribution >= 4 is 17.2 Å². The first-order valence-electron chi connectivity index (χ1n) is 10.4. The van der Waals surface area contributed by atoms with E-state index < -0.39 is 0 Å². The van der Waals surface area contributed by atoms with Crippen LogP contribution < -0.4 is 4.74 Å². The van der Waals surface area contributed by atoms with Crippen molar-refractivity contribution in [2.45, 2.75) is 43.8 Å². The Hall–Kier alpha value is -1.96. The lowest BCUT2D eigenvalue weighted by molar-refractivity contribution is -0.149. The number of carbonyl (C=O) groups excluding carboxylic acids is 1. The van der Waals surface area contributed by atoms with Crippen molar-refractivity contribution in [3.63, 3.8) is 0 Å². The van der Waals surface area contributed by atoms with Crippen molar-refractivity contribution in [3.05, 3.63) is 34.8 Å². The van der Waals surface area contributed by atoms with Crippen LogP contribution in [-0.4, -0.2) is 55.3 Å². The molecule has 0 saturated carbocycles. The van der Waals surface area contributed by atoms with Crippen molar-refractivity contribution in [2.75, 3.05) is 33.4 Å². The summed E-state index contributed by atoms with van der Waals surface area (Å²) in [4.78, 5) is 21.8. The monoisotopic (exact) mass is 414 g/mol. The van der Waals surface area contributed by atoms with Gasteiger partial charge >= 0.3 is 0 Å². The standard InChI is InChI=1S/C22H26N2O4S/c1-26-15-4-5-17(23-14-15)20-13-16-19(29-20)6-12-28-22(16)7-9-24(10-8-22)21(25)18-3-2-11-27-18/h4-5,13-14,18H,2-3,6-12H2,1H3/t18-/m0/s1. The van der Waals surface area contributed by atoms with Gasteiger partial charge in [0.15, 0.2) is 0 Å². The molecular formula is C22H26N2O4S. The maximum atomic E-state index is 12.7. The van der Waals surface area contributed by atoms with E-state index in [1.54, 1.807) is 13.3 Å². The molecular weight excluding hydrogens is 388 g/mol. The molecule has 2 fully saturated rings. The van der Waals surface area contributed by atoms with Gasteiger partial charge in [0, 0.05) is 31.0 Å². The largest absolute Gasteiger partial charge is 0.495 e. The minimum atomic E-state index is -0.276. The highest BCUT2D eigenvalue weighted by Crippen LogP contribution is 2.46. The molecule has 154 valence electrons. The Morgan fingerprint density at radius 3 is 2.86 bits per heavy atom. The van der Waals surface area contributed by atoms with Gasteiger partial charge in [-0.2, -0.15) is 0 Å². The number of amides is 1. The second-order valence-electron chi connectivity index (χ2n) is 7.95. The highest BCUT2D eigenvalue weighted by atomic mass is 32.1. The molecule has 0 N–H and O–H groups in total. The quantitative estimate of drug-likeness (QED) is 0.771. The topological polar surface area (TPSA) is 60.9 Å². The predicted octanol–water partition coefficient (Wildman–Crippen LogP) is 3.39. The predicted molar refractivity (Wildman–Crippen MR) is 110 cm³/mol. The number of ether oxygens (including phenoxy) is 3. The Bertz CT molecular complexity index is 881. The van der Waals surface area contributed by atoms with Crippen LogP contribution >= 0.6 is 11.3 Å². The summed E-state index contributed by atoms with van der Waals surface area (Å²) in [6, 6.07) is 6.21. The zero-order valence-electron chi connectivity index (χ0n) is 16.7. The molecule has 1 atom stereocenters. The fourth-order valence-corrected chi connectivity index (χ4v) is 5.88. The van der Waals surface area contributed by atoms with Crippen LogP contribution in [0.3, 0.4) is 0 Å². The fraction of sp³-hybridized carbons (Fsp3) is 0.545. The lowest BCUT2D eigenvalue weighted by Crippen LogP contribution is -2.50. The maximum absolute atomic E-state index is 12.7. The Balaban J connectivity index is 1.35. The third-order valence-electron chi connectivity index (χ3n) is 6.32. The van der Waals surface area contributed by atoms with E-state index in [0.717, 1.165) is 63.2 Å². The molecule has 5 rings (SSSR count). The average molecular weight is 415 g/mol. The van der Waals surface area contributed by atoms with Crippen LogP contribution in [0.1, 0.15) is 36.1 Å². The molecule has 0 bridgehead atoms. The second-order valence-corrected chi connectivity index (χ2v) is 9.09. The lowest BCUT2D eigenvalue weighted by Gasteiger charge is -2.44. The van der Waals surface area contributed by atoms with Crippen LogP contribution in [-0.2, 0) is 26.3 Å². The van der Waals surface area contributed by atoms with Crippen molar-refractivity contribution in [1.29, 1.82) is 0 Å². The summed E-state index contributed by atoms with van der Waals surface area (Å²) in [5.41, 5.74) is 1.99. The van der Waals surface area contributed by atoms with Gasteiger partial charge in [-0.25, -0.2) is 0 Å². The molecule has 3 aliphatic heterocycles. The second kappa shape index (κ2) is 7.70. The molecule has 5 heterocycles. The van der Waals surface area contributed by atoms with E-state index in [-0.39, 0.29) is 17.6 Å². The molecule has 0 radical (unpaired) electrons. The SMILES string of the molecule is COc1ccc(-c2cc3c(s2)CCOC32CCN(C(=O)[C@@H]3CCCO3)CC2)nc1. The highest BCUT2D eigenvalue weighted by molar-refractivity contribution is 7.15. The molecule has 2 aromatic heterocycles. The number of thiophene rings is 1. The third kappa shape index (κ3) is 3.45. The van der Waals surface area contributed by atoms with Gasteiger partial charge in [-0.15, -0.1) is 11.3 Å². The number of nitrogens with zero attached hydrogens (tertiary/aromatic N) is 2. The van der Waals surface area contributed by atoms with E-state index in [1.165, 1.54) is 15.3 Å². The number of methoxy groups -OCH3 is 1. The zero-order valence-corrected chi connectivity index (χ0v) is 17.5. The van der Waals surface area contributed by atoms with Crippen molar-refractivity contribution in [1.82, 2.24) is 9.88 Å². The summed E-state index contributed by atoms with van der Waals surface area (Å²) in [6.45, 7) is 2.90.